The van der Waals surface area contributed by atoms with Gasteiger partial charge in [-0.3, -0.25) is 4.79 Å². The molecule has 0 atom stereocenters. The van der Waals surface area contributed by atoms with Gasteiger partial charge in [-0.2, -0.15) is 5.10 Å². The van der Waals surface area contributed by atoms with E-state index in [1.54, 1.807) is 17.1 Å². The van der Waals surface area contributed by atoms with Crippen molar-refractivity contribution < 1.29 is 4.79 Å². The lowest BCUT2D eigenvalue weighted by Gasteiger charge is -2.34. The third-order valence-electron chi connectivity index (χ3n) is 4.80. The van der Waals surface area contributed by atoms with Gasteiger partial charge >= 0.3 is 0 Å². The molecule has 0 aromatic carbocycles. The highest BCUT2D eigenvalue weighted by Crippen LogP contribution is 2.27. The predicted molar refractivity (Wildman–Crippen MR) is 93.3 cm³/mol. The van der Waals surface area contributed by atoms with E-state index in [4.69, 9.17) is 0 Å². The number of hydrogen-bond donors (Lipinski definition) is 2. The number of nitrogens with one attached hydrogen (secondary N) is 2. The van der Waals surface area contributed by atoms with Crippen molar-refractivity contribution in [3.8, 4) is 5.82 Å². The van der Waals surface area contributed by atoms with Gasteiger partial charge in [0.1, 0.15) is 0 Å². The Morgan fingerprint density at radius 1 is 1.38 bits per heavy atom. The number of nitrogens with zero attached hydrogens (tertiary/aromatic N) is 3. The maximum Gasteiger partial charge on any atom is 0.254 e. The Hall–Kier alpha value is -2.21. The number of rotatable bonds is 5. The van der Waals surface area contributed by atoms with Gasteiger partial charge in [0, 0.05) is 12.7 Å². The second kappa shape index (κ2) is 7.13. The van der Waals surface area contributed by atoms with Crippen LogP contribution in [0.5, 0.6) is 0 Å². The third-order valence-corrected chi connectivity index (χ3v) is 4.80. The van der Waals surface area contributed by atoms with Crippen LogP contribution in [-0.4, -0.2) is 40.3 Å². The highest BCUT2D eigenvalue weighted by molar-refractivity contribution is 5.95. The van der Waals surface area contributed by atoms with Crippen molar-refractivity contribution in [2.75, 3.05) is 19.6 Å². The Bertz CT molecular complexity index is 689. The summed E-state index contributed by atoms with van der Waals surface area (Å²) in [4.78, 5) is 17.0. The van der Waals surface area contributed by atoms with Crippen LogP contribution in [0.25, 0.3) is 5.82 Å². The molecule has 3 heterocycles. The van der Waals surface area contributed by atoms with Crippen LogP contribution in [0.2, 0.25) is 0 Å². The first-order valence-corrected chi connectivity index (χ1v) is 8.60. The van der Waals surface area contributed by atoms with Crippen LogP contribution < -0.4 is 10.6 Å². The minimum atomic E-state index is -0.0474. The van der Waals surface area contributed by atoms with Gasteiger partial charge < -0.3 is 10.6 Å². The molecule has 24 heavy (non-hydrogen) atoms. The van der Waals surface area contributed by atoms with E-state index in [2.05, 4.69) is 27.6 Å². The molecule has 1 aliphatic rings. The summed E-state index contributed by atoms with van der Waals surface area (Å²) in [5.74, 6) is 0.688. The average molecular weight is 327 g/mol. The quantitative estimate of drug-likeness (QED) is 0.880. The fourth-order valence-corrected chi connectivity index (χ4v) is 3.18. The van der Waals surface area contributed by atoms with Crippen LogP contribution in [-0.2, 0) is 6.42 Å². The summed E-state index contributed by atoms with van der Waals surface area (Å²) in [6.45, 7) is 7.01. The van der Waals surface area contributed by atoms with E-state index >= 15 is 0 Å². The van der Waals surface area contributed by atoms with Crippen molar-refractivity contribution >= 4 is 5.91 Å². The van der Waals surface area contributed by atoms with E-state index in [9.17, 15) is 4.79 Å². The summed E-state index contributed by atoms with van der Waals surface area (Å²) < 4.78 is 1.75. The number of piperidine rings is 1. The van der Waals surface area contributed by atoms with Gasteiger partial charge in [-0.25, -0.2) is 9.67 Å². The van der Waals surface area contributed by atoms with E-state index in [1.165, 1.54) is 0 Å². The highest BCUT2D eigenvalue weighted by Gasteiger charge is 2.28. The lowest BCUT2D eigenvalue weighted by atomic mass is 9.81. The number of pyridine rings is 1. The molecule has 0 saturated carbocycles. The highest BCUT2D eigenvalue weighted by atomic mass is 16.1. The van der Waals surface area contributed by atoms with Crippen LogP contribution in [0.3, 0.4) is 0 Å². The second-order valence-corrected chi connectivity index (χ2v) is 6.70. The van der Waals surface area contributed by atoms with Gasteiger partial charge in [-0.1, -0.05) is 19.9 Å². The Balaban J connectivity index is 1.74. The van der Waals surface area contributed by atoms with Gasteiger partial charge in [-0.05, 0) is 49.9 Å². The number of amides is 1. The molecule has 0 radical (unpaired) electrons. The molecule has 0 aliphatic carbocycles. The van der Waals surface area contributed by atoms with Crippen molar-refractivity contribution in [2.24, 2.45) is 5.41 Å². The minimum absolute atomic E-state index is 0.0474. The van der Waals surface area contributed by atoms with Gasteiger partial charge in [0.2, 0.25) is 0 Å². The molecule has 1 amide bonds. The summed E-state index contributed by atoms with van der Waals surface area (Å²) >= 11 is 0. The van der Waals surface area contributed by atoms with E-state index in [1.807, 2.05) is 25.1 Å². The maximum atomic E-state index is 12.7. The van der Waals surface area contributed by atoms with Crippen LogP contribution in [0.4, 0.5) is 0 Å². The zero-order valence-corrected chi connectivity index (χ0v) is 14.4. The monoisotopic (exact) mass is 327 g/mol. The maximum absolute atomic E-state index is 12.7. The zero-order chi connectivity index (χ0) is 17.0. The molecule has 2 aromatic rings. The van der Waals surface area contributed by atoms with Crippen LogP contribution >= 0.6 is 0 Å². The molecule has 0 bridgehead atoms. The van der Waals surface area contributed by atoms with E-state index < -0.39 is 0 Å². The smallest absolute Gasteiger partial charge is 0.254 e. The number of carbonyl (C=O) groups is 1. The van der Waals surface area contributed by atoms with Crippen LogP contribution in [0.15, 0.2) is 30.6 Å². The molecule has 2 N–H and O–H groups in total. The minimum Gasteiger partial charge on any atom is -0.351 e. The van der Waals surface area contributed by atoms with Crippen molar-refractivity contribution in [1.29, 1.82) is 0 Å². The van der Waals surface area contributed by atoms with Crippen LogP contribution in [0.1, 0.15) is 42.7 Å². The van der Waals surface area contributed by atoms with Gasteiger partial charge in [0.15, 0.2) is 5.82 Å². The molecule has 6 heteroatoms. The Morgan fingerprint density at radius 2 is 2.17 bits per heavy atom. The summed E-state index contributed by atoms with van der Waals surface area (Å²) in [5, 5.41) is 10.8. The van der Waals surface area contributed by atoms with E-state index in [0.717, 1.165) is 43.9 Å². The first-order chi connectivity index (χ1) is 11.6. The summed E-state index contributed by atoms with van der Waals surface area (Å²) in [7, 11) is 0. The van der Waals surface area contributed by atoms with Gasteiger partial charge in [0.25, 0.3) is 5.91 Å². The molecule has 1 saturated heterocycles. The fraction of sp³-hybridized carbons (Fsp3) is 0.500. The molecular weight excluding hydrogens is 302 g/mol. The molecular formula is C18H25N5O. The first kappa shape index (κ1) is 16.6. The van der Waals surface area contributed by atoms with Gasteiger partial charge in [-0.15, -0.1) is 0 Å². The molecule has 1 aliphatic heterocycles. The molecule has 1 fully saturated rings. The lowest BCUT2D eigenvalue weighted by Crippen LogP contribution is -2.43. The first-order valence-electron chi connectivity index (χ1n) is 8.60. The molecule has 0 spiro atoms. The standard InChI is InChI=1S/C18H25N5O/c1-3-15-14(12-22-23(15)16-6-4-5-9-20-16)17(24)21-13-18(2)7-10-19-11-8-18/h4-6,9,12,19H,3,7-8,10-11,13H2,1-2H3,(H,21,24). The summed E-state index contributed by atoms with van der Waals surface area (Å²) in [5.41, 5.74) is 1.70. The molecule has 3 rings (SSSR count). The van der Waals surface area contributed by atoms with Gasteiger partial charge in [0.05, 0.1) is 17.5 Å². The van der Waals surface area contributed by atoms with E-state index in [-0.39, 0.29) is 11.3 Å². The normalized spacial score (nSPS) is 16.8. The Morgan fingerprint density at radius 3 is 2.83 bits per heavy atom. The molecule has 0 unspecified atom stereocenters. The SMILES string of the molecule is CCc1c(C(=O)NCC2(C)CCNCC2)cnn1-c1ccccn1. The molecule has 6 nitrogen and oxygen atoms in total. The number of carbonyl (C=O) groups excluding carboxylic acids is 1. The molecule has 128 valence electrons. The second-order valence-electron chi connectivity index (χ2n) is 6.70. The number of hydrogen-bond acceptors (Lipinski definition) is 4. The predicted octanol–water partition coefficient (Wildman–Crippen LogP) is 1.95. The lowest BCUT2D eigenvalue weighted by molar-refractivity contribution is 0.0921. The van der Waals surface area contributed by atoms with E-state index in [0.29, 0.717) is 12.1 Å². The molecule has 2 aromatic heterocycles. The Labute approximate surface area is 142 Å². The Kier molecular flexibility index (Phi) is 4.94. The zero-order valence-electron chi connectivity index (χ0n) is 14.4. The van der Waals surface area contributed by atoms with Crippen LogP contribution in [0, 0.1) is 5.41 Å². The van der Waals surface area contributed by atoms with Crippen molar-refractivity contribution in [2.45, 2.75) is 33.1 Å². The topological polar surface area (TPSA) is 71.8 Å². The van der Waals surface area contributed by atoms with Crippen molar-refractivity contribution in [1.82, 2.24) is 25.4 Å². The van der Waals surface area contributed by atoms with Crippen molar-refractivity contribution in [3.63, 3.8) is 0 Å². The summed E-state index contributed by atoms with van der Waals surface area (Å²) in [6, 6.07) is 5.68. The van der Waals surface area contributed by atoms with Crippen molar-refractivity contribution in [3.05, 3.63) is 41.9 Å². The largest absolute Gasteiger partial charge is 0.351 e. The average Bonchev–Trinajstić information content (AvgIpc) is 3.05. The fourth-order valence-electron chi connectivity index (χ4n) is 3.18. The number of aromatic nitrogens is 3. The summed E-state index contributed by atoms with van der Waals surface area (Å²) in [6.07, 6.45) is 6.27. The third kappa shape index (κ3) is 3.48.